The average Bonchev–Trinajstić information content (AvgIpc) is 3.37. The number of ketones is 1. The average molecular weight is 471 g/mol. The minimum Gasteiger partial charge on any atom is -0.454 e. The lowest BCUT2D eigenvalue weighted by atomic mass is 9.81. The van der Waals surface area contributed by atoms with Crippen molar-refractivity contribution in [2.24, 2.45) is 5.73 Å². The van der Waals surface area contributed by atoms with E-state index in [0.717, 1.165) is 5.56 Å². The molecule has 3 aromatic rings. The quantitative estimate of drug-likeness (QED) is 0.542. The van der Waals surface area contributed by atoms with Crippen LogP contribution in [-0.4, -0.2) is 38.0 Å². The number of amides is 1. The van der Waals surface area contributed by atoms with Gasteiger partial charge in [0.1, 0.15) is 11.6 Å². The molecule has 0 saturated heterocycles. The smallest absolute Gasteiger partial charge is 0.273 e. The van der Waals surface area contributed by atoms with Crippen molar-refractivity contribution in [3.05, 3.63) is 88.5 Å². The standard InChI is InChI=1S/C27H26N4O4/c1-14(2)16-10-11-17-21(13-16)35-27(34)18-7-6-8-19(28)22(18)24(32)26(17,27)30-25(33)23-20-9-4-5-12-31(20)15(3)29-23/h4-7,9-14,19,34H,8,28H2,1-3H3,(H,30,33). The highest BCUT2D eigenvalue weighted by atomic mass is 16.6. The number of hydrogen-bond donors (Lipinski definition) is 3. The van der Waals surface area contributed by atoms with E-state index in [0.29, 0.717) is 29.1 Å². The zero-order valence-electron chi connectivity index (χ0n) is 19.7. The Morgan fingerprint density at radius 2 is 2.11 bits per heavy atom. The van der Waals surface area contributed by atoms with Crippen molar-refractivity contribution < 1.29 is 19.4 Å². The third-order valence-corrected chi connectivity index (χ3v) is 7.37. The summed E-state index contributed by atoms with van der Waals surface area (Å²) in [7, 11) is 0. The second kappa shape index (κ2) is 7.13. The van der Waals surface area contributed by atoms with Gasteiger partial charge in [-0.3, -0.25) is 9.59 Å². The highest BCUT2D eigenvalue weighted by molar-refractivity contribution is 6.14. The van der Waals surface area contributed by atoms with Crippen LogP contribution >= 0.6 is 0 Å². The second-order valence-electron chi connectivity index (χ2n) is 9.73. The molecule has 0 fully saturated rings. The number of ether oxygens (including phenoxy) is 1. The van der Waals surface area contributed by atoms with Gasteiger partial charge in [-0.25, -0.2) is 4.98 Å². The molecule has 4 N–H and O–H groups in total. The molecular weight excluding hydrogens is 444 g/mol. The third kappa shape index (κ3) is 2.66. The van der Waals surface area contributed by atoms with Gasteiger partial charge in [-0.2, -0.15) is 0 Å². The Bertz CT molecular complexity index is 1500. The van der Waals surface area contributed by atoms with Crippen LogP contribution in [0.1, 0.15) is 53.6 Å². The van der Waals surface area contributed by atoms with Crippen molar-refractivity contribution >= 4 is 17.2 Å². The number of aryl methyl sites for hydroxylation is 1. The number of fused-ring (bicyclic) bond motifs is 5. The fourth-order valence-corrected chi connectivity index (χ4v) is 5.57. The van der Waals surface area contributed by atoms with Gasteiger partial charge in [0.05, 0.1) is 5.52 Å². The lowest BCUT2D eigenvalue weighted by Crippen LogP contribution is -2.63. The monoisotopic (exact) mass is 470 g/mol. The molecule has 2 aromatic heterocycles. The number of imidazole rings is 1. The minimum absolute atomic E-state index is 0.157. The molecule has 0 spiro atoms. The Morgan fingerprint density at radius 1 is 1.31 bits per heavy atom. The molecule has 1 aliphatic heterocycles. The van der Waals surface area contributed by atoms with Gasteiger partial charge in [0.2, 0.25) is 5.54 Å². The maximum Gasteiger partial charge on any atom is 0.273 e. The van der Waals surface area contributed by atoms with Crippen LogP contribution in [-0.2, 0) is 10.3 Å². The van der Waals surface area contributed by atoms with E-state index in [-0.39, 0.29) is 22.8 Å². The molecule has 8 heteroatoms. The molecule has 0 radical (unpaired) electrons. The van der Waals surface area contributed by atoms with Crippen LogP contribution in [0.5, 0.6) is 5.75 Å². The van der Waals surface area contributed by atoms with Crippen LogP contribution in [0.25, 0.3) is 5.52 Å². The Hall–Kier alpha value is -3.75. The van der Waals surface area contributed by atoms with Crippen LogP contribution < -0.4 is 15.8 Å². The number of pyridine rings is 1. The number of benzene rings is 1. The predicted molar refractivity (Wildman–Crippen MR) is 129 cm³/mol. The molecule has 1 aromatic carbocycles. The number of aliphatic hydroxyl groups is 1. The molecule has 8 nitrogen and oxygen atoms in total. The summed E-state index contributed by atoms with van der Waals surface area (Å²) in [5, 5.41) is 15.0. The van der Waals surface area contributed by atoms with E-state index in [2.05, 4.69) is 10.3 Å². The maximum atomic E-state index is 14.1. The SMILES string of the molecule is Cc1nc(C(=O)NC23C(=O)C4=C(C=CCC4N)C2(O)Oc2cc(C(C)C)ccc23)c2ccccn12. The summed E-state index contributed by atoms with van der Waals surface area (Å²) >= 11 is 0. The molecule has 0 saturated carbocycles. The van der Waals surface area contributed by atoms with Crippen molar-refractivity contribution in [3.63, 3.8) is 0 Å². The summed E-state index contributed by atoms with van der Waals surface area (Å²) in [6.07, 6.45) is 5.75. The van der Waals surface area contributed by atoms with Crippen LogP contribution in [0.3, 0.4) is 0 Å². The summed E-state index contributed by atoms with van der Waals surface area (Å²) in [5.74, 6) is -1.99. The lowest BCUT2D eigenvalue weighted by molar-refractivity contribution is -0.154. The molecule has 3 unspecified atom stereocenters. The fraction of sp³-hybridized carbons (Fsp3) is 0.296. The van der Waals surface area contributed by atoms with E-state index in [4.69, 9.17) is 10.5 Å². The zero-order valence-corrected chi connectivity index (χ0v) is 19.7. The lowest BCUT2D eigenvalue weighted by Gasteiger charge is -2.35. The summed E-state index contributed by atoms with van der Waals surface area (Å²) in [4.78, 5) is 32.3. The first-order valence-electron chi connectivity index (χ1n) is 11.7. The van der Waals surface area contributed by atoms with E-state index in [1.54, 1.807) is 29.5 Å². The summed E-state index contributed by atoms with van der Waals surface area (Å²) < 4.78 is 7.96. The van der Waals surface area contributed by atoms with Crippen LogP contribution in [0, 0.1) is 6.92 Å². The summed E-state index contributed by atoms with van der Waals surface area (Å²) in [5.41, 5.74) is 7.13. The van der Waals surface area contributed by atoms with Crippen molar-refractivity contribution in [2.75, 3.05) is 0 Å². The molecule has 2 aliphatic carbocycles. The molecule has 1 amide bonds. The van der Waals surface area contributed by atoms with Crippen molar-refractivity contribution in [1.29, 1.82) is 0 Å². The second-order valence-corrected chi connectivity index (χ2v) is 9.73. The number of carbonyl (C=O) groups excluding carboxylic acids is 2. The van der Waals surface area contributed by atoms with Crippen LogP contribution in [0.4, 0.5) is 0 Å². The normalized spacial score (nSPS) is 26.7. The zero-order chi connectivity index (χ0) is 24.7. The predicted octanol–water partition coefficient (Wildman–Crippen LogP) is 2.64. The highest BCUT2D eigenvalue weighted by Gasteiger charge is 2.72. The highest BCUT2D eigenvalue weighted by Crippen LogP contribution is 2.57. The molecule has 35 heavy (non-hydrogen) atoms. The molecule has 3 heterocycles. The Kier molecular flexibility index (Phi) is 4.43. The van der Waals surface area contributed by atoms with E-state index < -0.39 is 29.1 Å². The summed E-state index contributed by atoms with van der Waals surface area (Å²) in [6.45, 7) is 5.89. The topological polar surface area (TPSA) is 119 Å². The van der Waals surface area contributed by atoms with Crippen molar-refractivity contribution in [2.45, 2.75) is 50.5 Å². The van der Waals surface area contributed by atoms with Gasteiger partial charge in [0.25, 0.3) is 11.7 Å². The van der Waals surface area contributed by atoms with Crippen LogP contribution in [0.2, 0.25) is 0 Å². The van der Waals surface area contributed by atoms with Gasteiger partial charge in [-0.15, -0.1) is 0 Å². The molecule has 0 bridgehead atoms. The van der Waals surface area contributed by atoms with Gasteiger partial charge < -0.3 is 25.3 Å². The first-order valence-corrected chi connectivity index (χ1v) is 11.7. The van der Waals surface area contributed by atoms with E-state index >= 15 is 0 Å². The van der Waals surface area contributed by atoms with E-state index in [1.165, 1.54) is 0 Å². The largest absolute Gasteiger partial charge is 0.454 e. The molecular formula is C27H26N4O4. The minimum atomic E-state index is -2.13. The maximum absolute atomic E-state index is 14.1. The number of Topliss-reactive ketones (excluding diaryl/α,β-unsaturated/α-hetero) is 1. The fourth-order valence-electron chi connectivity index (χ4n) is 5.57. The van der Waals surface area contributed by atoms with Gasteiger partial charge in [-0.1, -0.05) is 44.2 Å². The first-order chi connectivity index (χ1) is 16.7. The van der Waals surface area contributed by atoms with Gasteiger partial charge >= 0.3 is 0 Å². The van der Waals surface area contributed by atoms with Crippen LogP contribution in [0.15, 0.2) is 65.9 Å². The molecule has 3 atom stereocenters. The molecule has 178 valence electrons. The summed E-state index contributed by atoms with van der Waals surface area (Å²) in [6, 6.07) is 10.3. The third-order valence-electron chi connectivity index (χ3n) is 7.37. The molecule has 6 rings (SSSR count). The number of nitrogens with one attached hydrogen (secondary N) is 1. The molecule has 3 aliphatic rings. The van der Waals surface area contributed by atoms with Gasteiger partial charge in [0, 0.05) is 28.9 Å². The van der Waals surface area contributed by atoms with E-state index in [1.807, 2.05) is 50.4 Å². The Balaban J connectivity index is 1.55. The van der Waals surface area contributed by atoms with Crippen molar-refractivity contribution in [3.8, 4) is 5.75 Å². The number of hydrogen-bond acceptors (Lipinski definition) is 6. The first kappa shape index (κ1) is 21.8. The number of aromatic nitrogens is 2. The number of nitrogens with zero attached hydrogens (tertiary/aromatic N) is 2. The van der Waals surface area contributed by atoms with Crippen molar-refractivity contribution in [1.82, 2.24) is 14.7 Å². The van der Waals surface area contributed by atoms with E-state index in [9.17, 15) is 14.7 Å². The number of carbonyl (C=O) groups is 2. The van der Waals surface area contributed by atoms with Gasteiger partial charge in [0.15, 0.2) is 11.5 Å². The Morgan fingerprint density at radius 3 is 2.89 bits per heavy atom. The Labute approximate surface area is 202 Å². The number of rotatable bonds is 3. The number of nitrogens with two attached hydrogens (primary N) is 1. The van der Waals surface area contributed by atoms with Gasteiger partial charge in [-0.05, 0) is 43.0 Å².